The van der Waals surface area contributed by atoms with Gasteiger partial charge in [0.25, 0.3) is 0 Å². The van der Waals surface area contributed by atoms with Crippen molar-refractivity contribution in [1.29, 1.82) is 0 Å². The predicted molar refractivity (Wildman–Crippen MR) is 150 cm³/mol. The minimum Gasteiger partial charge on any atom is -0.490 e. The number of fused-ring (bicyclic) bond motifs is 1. The number of pyridine rings is 1. The maximum absolute atomic E-state index is 14.8. The molecule has 0 amide bonds. The minimum absolute atomic E-state index is 0.00213. The Morgan fingerprint density at radius 2 is 1.90 bits per heavy atom. The second-order valence-electron chi connectivity index (χ2n) is 10.5. The molecule has 2 fully saturated rings. The van der Waals surface area contributed by atoms with E-state index in [1.807, 2.05) is 4.57 Å². The SMILES string of the molecule is O=C(O)c1cc(F)c2nc(CN3CCC(Oc4ccnc(COc5ccc(Cl)cc5F)c4)CC3)n(C[C@@H]3CCO3)c2c1. The average Bonchev–Trinajstić information content (AvgIpc) is 3.28. The van der Waals surface area contributed by atoms with Crippen LogP contribution in [0, 0.1) is 11.6 Å². The predicted octanol–water partition coefficient (Wildman–Crippen LogP) is 5.47. The minimum atomic E-state index is -1.18. The number of hydrogen-bond acceptors (Lipinski definition) is 7. The van der Waals surface area contributed by atoms with Crippen molar-refractivity contribution < 1.29 is 32.9 Å². The lowest BCUT2D eigenvalue weighted by Gasteiger charge is -2.32. The van der Waals surface area contributed by atoms with E-state index in [0.717, 1.165) is 38.4 Å². The Hall–Kier alpha value is -3.80. The van der Waals surface area contributed by atoms with Crippen LogP contribution in [0.1, 0.15) is 41.1 Å². The van der Waals surface area contributed by atoms with Gasteiger partial charge in [-0.3, -0.25) is 9.88 Å². The van der Waals surface area contributed by atoms with Crippen LogP contribution in [-0.2, 0) is 24.4 Å². The first-order chi connectivity index (χ1) is 20.3. The Kier molecular flexibility index (Phi) is 8.23. The molecule has 220 valence electrons. The summed E-state index contributed by atoms with van der Waals surface area (Å²) in [4.78, 5) is 22.7. The molecule has 2 aromatic carbocycles. The van der Waals surface area contributed by atoms with Crippen molar-refractivity contribution in [3.05, 3.63) is 82.4 Å². The fourth-order valence-electron chi connectivity index (χ4n) is 5.24. The second-order valence-corrected chi connectivity index (χ2v) is 10.9. The summed E-state index contributed by atoms with van der Waals surface area (Å²) in [6, 6.07) is 10.3. The number of carboxylic acid groups (broad SMARTS) is 1. The van der Waals surface area contributed by atoms with Gasteiger partial charge in [-0.05, 0) is 55.7 Å². The van der Waals surface area contributed by atoms with Gasteiger partial charge in [0.05, 0.1) is 36.0 Å². The number of halogens is 3. The van der Waals surface area contributed by atoms with E-state index in [1.165, 1.54) is 18.2 Å². The van der Waals surface area contributed by atoms with Gasteiger partial charge in [0, 0.05) is 37.0 Å². The molecular formula is C30H29ClF2N4O5. The molecule has 0 radical (unpaired) electrons. The maximum Gasteiger partial charge on any atom is 0.335 e. The Morgan fingerprint density at radius 1 is 1.10 bits per heavy atom. The van der Waals surface area contributed by atoms with Crippen LogP contribution in [-0.4, -0.2) is 62.4 Å². The van der Waals surface area contributed by atoms with E-state index in [4.69, 9.17) is 25.8 Å². The van der Waals surface area contributed by atoms with Crippen LogP contribution >= 0.6 is 11.6 Å². The van der Waals surface area contributed by atoms with Gasteiger partial charge in [-0.1, -0.05) is 11.6 Å². The summed E-state index contributed by atoms with van der Waals surface area (Å²) in [6.07, 6.45) is 4.05. The lowest BCUT2D eigenvalue weighted by atomic mass is 10.1. The van der Waals surface area contributed by atoms with Crippen molar-refractivity contribution in [2.75, 3.05) is 19.7 Å². The van der Waals surface area contributed by atoms with E-state index in [-0.39, 0.29) is 35.6 Å². The molecule has 4 aromatic rings. The fraction of sp³-hybridized carbons (Fsp3) is 0.367. The number of hydrogen-bond donors (Lipinski definition) is 1. The third-order valence-corrected chi connectivity index (χ3v) is 7.81. The molecule has 1 N–H and O–H groups in total. The number of carbonyl (C=O) groups is 1. The summed E-state index contributed by atoms with van der Waals surface area (Å²) >= 11 is 5.80. The number of piperidine rings is 1. The molecule has 1 atom stereocenters. The third kappa shape index (κ3) is 6.33. The molecule has 2 saturated heterocycles. The van der Waals surface area contributed by atoms with Crippen molar-refractivity contribution >= 4 is 28.6 Å². The van der Waals surface area contributed by atoms with Crippen LogP contribution in [0.5, 0.6) is 11.5 Å². The summed E-state index contributed by atoms with van der Waals surface area (Å²) in [5.41, 5.74) is 1.13. The highest BCUT2D eigenvalue weighted by atomic mass is 35.5. The summed E-state index contributed by atoms with van der Waals surface area (Å²) in [5.74, 6) is -0.936. The molecule has 12 heteroatoms. The summed E-state index contributed by atoms with van der Waals surface area (Å²) in [7, 11) is 0. The van der Waals surface area contributed by atoms with Crippen molar-refractivity contribution in [3.8, 4) is 11.5 Å². The highest BCUT2D eigenvalue weighted by molar-refractivity contribution is 6.30. The number of imidazole rings is 1. The maximum atomic E-state index is 14.8. The zero-order chi connectivity index (χ0) is 29.2. The molecule has 0 bridgehead atoms. The number of carboxylic acids is 1. The van der Waals surface area contributed by atoms with Crippen LogP contribution < -0.4 is 9.47 Å². The van der Waals surface area contributed by atoms with E-state index in [9.17, 15) is 18.7 Å². The van der Waals surface area contributed by atoms with Crippen LogP contribution in [0.15, 0.2) is 48.7 Å². The van der Waals surface area contributed by atoms with Crippen molar-refractivity contribution in [3.63, 3.8) is 0 Å². The van der Waals surface area contributed by atoms with Crippen molar-refractivity contribution in [1.82, 2.24) is 19.4 Å². The largest absolute Gasteiger partial charge is 0.490 e. The monoisotopic (exact) mass is 598 g/mol. The molecule has 6 rings (SSSR count). The van der Waals surface area contributed by atoms with Gasteiger partial charge in [0.1, 0.15) is 29.8 Å². The molecule has 0 spiro atoms. The first kappa shape index (κ1) is 28.3. The first-order valence-electron chi connectivity index (χ1n) is 13.8. The number of aromatic nitrogens is 3. The van der Waals surface area contributed by atoms with Gasteiger partial charge in [-0.15, -0.1) is 0 Å². The summed E-state index contributed by atoms with van der Waals surface area (Å²) in [5, 5.41) is 9.73. The van der Waals surface area contributed by atoms with Crippen molar-refractivity contribution in [2.45, 2.75) is 51.2 Å². The quantitative estimate of drug-likeness (QED) is 0.257. The lowest BCUT2D eigenvalue weighted by Crippen LogP contribution is -2.39. The van der Waals surface area contributed by atoms with E-state index in [0.29, 0.717) is 47.5 Å². The molecule has 4 heterocycles. The molecule has 0 aliphatic carbocycles. The Balaban J connectivity index is 1.08. The molecular weight excluding hydrogens is 570 g/mol. The molecule has 2 aliphatic heterocycles. The summed E-state index contributed by atoms with van der Waals surface area (Å²) < 4.78 is 48.1. The van der Waals surface area contributed by atoms with Gasteiger partial charge in [0.15, 0.2) is 17.4 Å². The van der Waals surface area contributed by atoms with Gasteiger partial charge in [-0.2, -0.15) is 0 Å². The van der Waals surface area contributed by atoms with Gasteiger partial charge in [0.2, 0.25) is 0 Å². The highest BCUT2D eigenvalue weighted by Crippen LogP contribution is 2.27. The third-order valence-electron chi connectivity index (χ3n) is 7.57. The Labute approximate surface area is 245 Å². The van der Waals surface area contributed by atoms with E-state index in [2.05, 4.69) is 14.9 Å². The number of likely N-dealkylation sites (tertiary alicyclic amines) is 1. The van der Waals surface area contributed by atoms with Gasteiger partial charge in [-0.25, -0.2) is 18.6 Å². The second kappa shape index (κ2) is 12.2. The van der Waals surface area contributed by atoms with Crippen LogP contribution in [0.25, 0.3) is 11.0 Å². The van der Waals surface area contributed by atoms with E-state index < -0.39 is 17.6 Å². The van der Waals surface area contributed by atoms with Crippen LogP contribution in [0.2, 0.25) is 5.02 Å². The number of nitrogens with zero attached hydrogens (tertiary/aromatic N) is 4. The number of benzene rings is 2. The van der Waals surface area contributed by atoms with Gasteiger partial charge < -0.3 is 23.9 Å². The lowest BCUT2D eigenvalue weighted by molar-refractivity contribution is -0.0592. The number of ether oxygens (including phenoxy) is 3. The molecule has 42 heavy (non-hydrogen) atoms. The zero-order valence-corrected chi connectivity index (χ0v) is 23.4. The first-order valence-corrected chi connectivity index (χ1v) is 14.2. The van der Waals surface area contributed by atoms with Crippen molar-refractivity contribution in [2.24, 2.45) is 0 Å². The molecule has 0 unspecified atom stereocenters. The number of rotatable bonds is 10. The topological polar surface area (TPSA) is 98.9 Å². The van der Waals surface area contributed by atoms with Gasteiger partial charge >= 0.3 is 5.97 Å². The highest BCUT2D eigenvalue weighted by Gasteiger charge is 2.27. The normalized spacial score (nSPS) is 17.7. The smallest absolute Gasteiger partial charge is 0.335 e. The molecule has 0 saturated carbocycles. The van der Waals surface area contributed by atoms with E-state index in [1.54, 1.807) is 24.4 Å². The van der Waals surface area contributed by atoms with Crippen LogP contribution in [0.4, 0.5) is 8.78 Å². The standard InChI is InChI=1S/C30H29ClF2N4O5/c31-19-1-2-27(24(32)13-19)41-17-20-14-22(3-7-34-20)42-21-4-8-36(9-5-21)16-28-35-29-25(33)11-18(30(38)39)12-26(29)37(28)15-23-6-10-40-23/h1-3,7,11-14,21,23H,4-6,8-10,15-17H2,(H,38,39)/t23-/m0/s1. The Bertz CT molecular complexity index is 1600. The number of aromatic carboxylic acids is 1. The average molecular weight is 599 g/mol. The molecule has 2 aromatic heterocycles. The molecule has 2 aliphatic rings. The summed E-state index contributed by atoms with van der Waals surface area (Å²) in [6.45, 7) is 3.24. The van der Waals surface area contributed by atoms with Crippen LogP contribution in [0.3, 0.4) is 0 Å². The van der Waals surface area contributed by atoms with E-state index >= 15 is 0 Å². The zero-order valence-electron chi connectivity index (χ0n) is 22.6. The Morgan fingerprint density at radius 3 is 2.62 bits per heavy atom. The fourth-order valence-corrected chi connectivity index (χ4v) is 5.40. The molecule has 9 nitrogen and oxygen atoms in total.